The highest BCUT2D eigenvalue weighted by molar-refractivity contribution is 8.13. The Kier molecular flexibility index (Phi) is 10.5. The number of nitrogens with zero attached hydrogens (tertiary/aromatic N) is 3. The van der Waals surface area contributed by atoms with Crippen molar-refractivity contribution in [2.75, 3.05) is 24.3 Å². The van der Waals surface area contributed by atoms with Crippen LogP contribution in [0.1, 0.15) is 29.6 Å². The normalized spacial score (nSPS) is 11.0. The molecule has 0 atom stereocenters. The lowest BCUT2D eigenvalue weighted by Crippen LogP contribution is -2.32. The van der Waals surface area contributed by atoms with Gasteiger partial charge in [0, 0.05) is 41.6 Å². The zero-order valence-electron chi connectivity index (χ0n) is 23.0. The summed E-state index contributed by atoms with van der Waals surface area (Å²) in [5.41, 5.74) is 0.731. The Morgan fingerprint density at radius 1 is 0.905 bits per heavy atom. The number of anilines is 2. The summed E-state index contributed by atoms with van der Waals surface area (Å²) in [6, 6.07) is 19.7. The van der Waals surface area contributed by atoms with Crippen LogP contribution in [-0.2, 0) is 21.4 Å². The number of unbranched alkanes of at least 4 members (excludes halogenated alkanes) is 1. The number of nitrogens with one attached hydrogen (secondary N) is 2. The first-order valence-electron chi connectivity index (χ1n) is 12.9. The van der Waals surface area contributed by atoms with Gasteiger partial charge in [-0.25, -0.2) is 13.0 Å². The smallest absolute Gasteiger partial charge is 0.321 e. The van der Waals surface area contributed by atoms with Crippen molar-refractivity contribution >= 4 is 44.3 Å². The highest BCUT2D eigenvalue weighted by Crippen LogP contribution is 2.27. The standard InChI is InChI=1S/C29H29N5O6S2/c1-39-26-20-25(31-29(32-26)40-2)33-42(37,38)22-15-13-21(14-16-22)30-28(36)23-10-4-5-11-24(23)41-27(35)12-6-9-19-34-17-7-3-8-18-34/h3-5,7-8,10-11,13-18,20H,6,9,12,19H2,1-2H3,(H-,30,31,32,33,36)/p+1. The molecular weight excluding hydrogens is 578 g/mol. The third-order valence-corrected chi connectivity index (χ3v) is 8.29. The molecule has 0 saturated carbocycles. The van der Waals surface area contributed by atoms with Gasteiger partial charge in [0.1, 0.15) is 6.54 Å². The topological polar surface area (TPSA) is 140 Å². The van der Waals surface area contributed by atoms with Gasteiger partial charge in [-0.15, -0.1) is 0 Å². The van der Waals surface area contributed by atoms with Gasteiger partial charge in [-0.1, -0.05) is 30.0 Å². The lowest BCUT2D eigenvalue weighted by Gasteiger charge is -2.11. The Hall–Kier alpha value is -4.49. The largest absolute Gasteiger partial charge is 0.481 e. The number of ether oxygens (including phenoxy) is 2. The van der Waals surface area contributed by atoms with Gasteiger partial charge in [-0.05, 0) is 42.8 Å². The van der Waals surface area contributed by atoms with E-state index in [1.54, 1.807) is 24.3 Å². The first kappa shape index (κ1) is 30.5. The van der Waals surface area contributed by atoms with Crippen molar-refractivity contribution in [3.05, 3.63) is 90.8 Å². The van der Waals surface area contributed by atoms with Gasteiger partial charge in [0.2, 0.25) is 5.88 Å². The minimum Gasteiger partial charge on any atom is -0.481 e. The number of carbonyl (C=O) groups excluding carboxylic acids is 2. The number of pyridine rings is 1. The van der Waals surface area contributed by atoms with Crippen LogP contribution in [0.3, 0.4) is 0 Å². The molecule has 0 unspecified atom stereocenters. The van der Waals surface area contributed by atoms with Gasteiger partial charge in [-0.3, -0.25) is 14.3 Å². The van der Waals surface area contributed by atoms with E-state index < -0.39 is 15.9 Å². The van der Waals surface area contributed by atoms with Gasteiger partial charge < -0.3 is 14.8 Å². The Bertz CT molecular complexity index is 1610. The van der Waals surface area contributed by atoms with Crippen molar-refractivity contribution in [1.29, 1.82) is 0 Å². The van der Waals surface area contributed by atoms with Crippen molar-refractivity contribution < 1.29 is 32.0 Å². The summed E-state index contributed by atoms with van der Waals surface area (Å²) in [6.07, 6.45) is 5.98. The van der Waals surface area contributed by atoms with Gasteiger partial charge in [0.15, 0.2) is 23.3 Å². The minimum absolute atomic E-state index is 0.0192. The molecule has 0 spiro atoms. The predicted molar refractivity (Wildman–Crippen MR) is 158 cm³/mol. The number of methoxy groups -OCH3 is 2. The zero-order chi connectivity index (χ0) is 30.0. The number of carbonyl (C=O) groups is 2. The van der Waals surface area contributed by atoms with E-state index in [1.165, 1.54) is 44.6 Å². The van der Waals surface area contributed by atoms with E-state index in [0.29, 0.717) is 22.6 Å². The molecule has 0 aliphatic carbocycles. The SMILES string of the molecule is COc1cc(NS(=O)(=O)c2ccc(NC(=O)c3ccccc3SC(=O)CCCC[n+]3ccccc3)cc2)nc(OC)n1. The van der Waals surface area contributed by atoms with Crippen LogP contribution < -0.4 is 24.1 Å². The number of rotatable bonds is 13. The maximum atomic E-state index is 13.1. The number of amides is 1. The van der Waals surface area contributed by atoms with E-state index in [4.69, 9.17) is 9.47 Å². The summed E-state index contributed by atoms with van der Waals surface area (Å²) < 4.78 is 40.2. The maximum Gasteiger partial charge on any atom is 0.321 e. The highest BCUT2D eigenvalue weighted by Gasteiger charge is 2.18. The van der Waals surface area contributed by atoms with Gasteiger partial charge in [0.25, 0.3) is 15.9 Å². The maximum absolute atomic E-state index is 13.1. The number of benzene rings is 2. The van der Waals surface area contributed by atoms with Crippen LogP contribution in [0.15, 0.2) is 95.0 Å². The lowest BCUT2D eigenvalue weighted by molar-refractivity contribution is -0.697. The number of hydrogen-bond donors (Lipinski definition) is 2. The molecular formula is C29H30N5O6S2+. The first-order valence-corrected chi connectivity index (χ1v) is 15.2. The van der Waals surface area contributed by atoms with E-state index in [0.717, 1.165) is 31.1 Å². The molecule has 2 aromatic heterocycles. The summed E-state index contributed by atoms with van der Waals surface area (Å²) in [6.45, 7) is 0.831. The third-order valence-electron chi connectivity index (χ3n) is 5.92. The molecule has 4 rings (SSSR count). The number of aryl methyl sites for hydroxylation is 1. The van der Waals surface area contributed by atoms with E-state index in [2.05, 4.69) is 24.6 Å². The number of sulfonamides is 1. The molecule has 2 heterocycles. The van der Waals surface area contributed by atoms with Gasteiger partial charge >= 0.3 is 6.01 Å². The van der Waals surface area contributed by atoms with Crippen LogP contribution in [0.25, 0.3) is 0 Å². The molecule has 2 N–H and O–H groups in total. The van der Waals surface area contributed by atoms with E-state index in [-0.39, 0.29) is 27.7 Å². The predicted octanol–water partition coefficient (Wildman–Crippen LogP) is 4.32. The molecule has 42 heavy (non-hydrogen) atoms. The molecule has 218 valence electrons. The number of hydrogen-bond acceptors (Lipinski definition) is 9. The summed E-state index contributed by atoms with van der Waals surface area (Å²) in [4.78, 5) is 34.1. The van der Waals surface area contributed by atoms with Gasteiger partial charge in [0.05, 0.1) is 24.7 Å². The van der Waals surface area contributed by atoms with Crippen LogP contribution in [0, 0.1) is 0 Å². The molecule has 0 aliphatic heterocycles. The van der Waals surface area contributed by atoms with E-state index in [1.807, 2.05) is 30.6 Å². The average molecular weight is 609 g/mol. The third kappa shape index (κ3) is 8.51. The zero-order valence-corrected chi connectivity index (χ0v) is 24.7. The van der Waals surface area contributed by atoms with Crippen LogP contribution in [0.5, 0.6) is 11.9 Å². The van der Waals surface area contributed by atoms with Crippen LogP contribution in [0.2, 0.25) is 0 Å². The van der Waals surface area contributed by atoms with E-state index in [9.17, 15) is 18.0 Å². The molecule has 11 nitrogen and oxygen atoms in total. The number of aromatic nitrogens is 3. The van der Waals surface area contributed by atoms with Crippen LogP contribution in [-0.4, -0.2) is 43.6 Å². The van der Waals surface area contributed by atoms with Crippen molar-refractivity contribution in [1.82, 2.24) is 9.97 Å². The van der Waals surface area contributed by atoms with Crippen LogP contribution in [0.4, 0.5) is 11.5 Å². The Balaban J connectivity index is 1.35. The summed E-state index contributed by atoms with van der Waals surface area (Å²) >= 11 is 1.04. The molecule has 0 saturated heterocycles. The van der Waals surface area contributed by atoms with Crippen molar-refractivity contribution in [3.63, 3.8) is 0 Å². The fraction of sp³-hybridized carbons (Fsp3) is 0.207. The number of thioether (sulfide) groups is 1. The Labute approximate surface area is 248 Å². The fourth-order valence-electron chi connectivity index (χ4n) is 3.83. The molecule has 4 aromatic rings. The molecule has 0 aliphatic rings. The molecule has 0 radical (unpaired) electrons. The summed E-state index contributed by atoms with van der Waals surface area (Å²) in [5.74, 6) is -0.324. The second-order valence-electron chi connectivity index (χ2n) is 8.91. The molecule has 13 heteroatoms. The molecule has 0 fully saturated rings. The second-order valence-corrected chi connectivity index (χ2v) is 11.7. The lowest BCUT2D eigenvalue weighted by atomic mass is 10.2. The van der Waals surface area contributed by atoms with Crippen molar-refractivity contribution in [2.45, 2.75) is 35.6 Å². The monoisotopic (exact) mass is 608 g/mol. The summed E-state index contributed by atoms with van der Waals surface area (Å²) in [7, 11) is -1.28. The van der Waals surface area contributed by atoms with E-state index >= 15 is 0 Å². The average Bonchev–Trinajstić information content (AvgIpc) is 3.00. The van der Waals surface area contributed by atoms with Crippen molar-refractivity contribution in [3.8, 4) is 11.9 Å². The minimum atomic E-state index is -4.01. The Morgan fingerprint density at radius 3 is 2.36 bits per heavy atom. The molecule has 0 bridgehead atoms. The second kappa shape index (κ2) is 14.4. The summed E-state index contributed by atoms with van der Waals surface area (Å²) in [5, 5.41) is 2.75. The Morgan fingerprint density at radius 2 is 1.64 bits per heavy atom. The van der Waals surface area contributed by atoms with Gasteiger partial charge in [-0.2, -0.15) is 9.97 Å². The fourth-order valence-corrected chi connectivity index (χ4v) is 5.73. The van der Waals surface area contributed by atoms with Crippen molar-refractivity contribution in [2.24, 2.45) is 0 Å². The molecule has 1 amide bonds. The molecule has 2 aromatic carbocycles. The quantitative estimate of drug-likeness (QED) is 0.129. The van der Waals surface area contributed by atoms with Crippen LogP contribution >= 0.6 is 11.8 Å². The first-order chi connectivity index (χ1) is 20.3. The highest BCUT2D eigenvalue weighted by atomic mass is 32.2.